The number of anilines is 1. The zero-order valence-electron chi connectivity index (χ0n) is 16.8. The zero-order chi connectivity index (χ0) is 21.8. The molecule has 4 rings (SSSR count). The van der Waals surface area contributed by atoms with E-state index in [2.05, 4.69) is 20.5 Å². The highest BCUT2D eigenvalue weighted by molar-refractivity contribution is 6.12. The van der Waals surface area contributed by atoms with Crippen LogP contribution in [0.3, 0.4) is 0 Å². The predicted molar refractivity (Wildman–Crippen MR) is 114 cm³/mol. The number of hydrogen-bond donors (Lipinski definition) is 4. The maximum Gasteiger partial charge on any atom is 0.287 e. The average molecular weight is 425 g/mol. The second-order valence-electron chi connectivity index (χ2n) is 7.14. The fourth-order valence-corrected chi connectivity index (χ4v) is 3.63. The van der Waals surface area contributed by atoms with Gasteiger partial charge in [0.1, 0.15) is 11.6 Å². The van der Waals surface area contributed by atoms with Gasteiger partial charge in [0.15, 0.2) is 5.76 Å². The molecule has 5 N–H and O–H groups in total. The average Bonchev–Trinajstić information content (AvgIpc) is 3.39. The molecule has 1 aromatic carbocycles. The van der Waals surface area contributed by atoms with Crippen LogP contribution in [0.1, 0.15) is 20.9 Å². The second kappa shape index (κ2) is 9.02. The zero-order valence-corrected chi connectivity index (χ0v) is 16.8. The topological polar surface area (TPSA) is 143 Å². The highest BCUT2D eigenvalue weighted by Crippen LogP contribution is 2.30. The number of nitrogens with two attached hydrogens (primary N) is 1. The molecule has 1 aliphatic heterocycles. The van der Waals surface area contributed by atoms with Crippen molar-refractivity contribution >= 4 is 34.9 Å². The fourth-order valence-electron chi connectivity index (χ4n) is 3.63. The molecule has 0 spiro atoms. The first-order valence-electron chi connectivity index (χ1n) is 9.91. The molecule has 0 bridgehead atoms. The third-order valence-electron chi connectivity index (χ3n) is 5.18. The van der Waals surface area contributed by atoms with Crippen molar-refractivity contribution in [2.75, 3.05) is 44.7 Å². The number of morpholine rings is 1. The molecule has 0 saturated carbocycles. The van der Waals surface area contributed by atoms with Gasteiger partial charge in [0, 0.05) is 42.6 Å². The van der Waals surface area contributed by atoms with Crippen molar-refractivity contribution in [3.05, 3.63) is 41.7 Å². The Balaban J connectivity index is 1.47. The second-order valence-corrected chi connectivity index (χ2v) is 7.14. The monoisotopic (exact) mass is 425 g/mol. The van der Waals surface area contributed by atoms with Gasteiger partial charge in [-0.3, -0.25) is 19.3 Å². The maximum absolute atomic E-state index is 12.4. The van der Waals surface area contributed by atoms with E-state index in [9.17, 15) is 14.4 Å². The number of aromatic nitrogens is 1. The van der Waals surface area contributed by atoms with E-state index in [0.29, 0.717) is 48.4 Å². The maximum atomic E-state index is 12.4. The molecule has 162 valence electrons. The number of primary amides is 1. The van der Waals surface area contributed by atoms with E-state index in [0.717, 1.165) is 19.6 Å². The van der Waals surface area contributed by atoms with Gasteiger partial charge in [-0.2, -0.15) is 0 Å². The van der Waals surface area contributed by atoms with Gasteiger partial charge >= 0.3 is 0 Å². The number of fused-ring (bicyclic) bond motifs is 1. The van der Waals surface area contributed by atoms with Crippen LogP contribution in [0.5, 0.6) is 0 Å². The Kier molecular flexibility index (Phi) is 6.01. The largest absolute Gasteiger partial charge is 0.451 e. The molecule has 1 saturated heterocycles. The summed E-state index contributed by atoms with van der Waals surface area (Å²) >= 11 is 0. The summed E-state index contributed by atoms with van der Waals surface area (Å²) in [5.74, 6) is 0.00538. The third-order valence-corrected chi connectivity index (χ3v) is 5.18. The van der Waals surface area contributed by atoms with Crippen molar-refractivity contribution in [2.45, 2.75) is 0 Å². The molecule has 1 aliphatic rings. The standard InChI is InChI=1S/C21H23N5O5/c22-19(28)18-14-2-1-13(11-15(14)25-20(18)24-12-27)16-3-4-17(31-16)21(29)23-5-6-26-7-9-30-10-8-26/h1-4,11-12,25H,5-10H2,(H2,22,28)(H,23,29)(H,24,27). The van der Waals surface area contributed by atoms with Gasteiger partial charge in [-0.05, 0) is 18.2 Å². The van der Waals surface area contributed by atoms with Gasteiger partial charge < -0.3 is 30.5 Å². The lowest BCUT2D eigenvalue weighted by Gasteiger charge is -2.26. The number of benzene rings is 1. The van der Waals surface area contributed by atoms with Crippen LogP contribution in [0.2, 0.25) is 0 Å². The Labute approximate surface area is 177 Å². The number of carbonyl (C=O) groups excluding carboxylic acids is 3. The Hall–Kier alpha value is -3.63. The summed E-state index contributed by atoms with van der Waals surface area (Å²) in [6.07, 6.45) is 0.467. The molecule has 31 heavy (non-hydrogen) atoms. The number of nitrogens with one attached hydrogen (secondary N) is 3. The molecule has 1 fully saturated rings. The quantitative estimate of drug-likeness (QED) is 0.399. The van der Waals surface area contributed by atoms with Crippen LogP contribution < -0.4 is 16.4 Å². The summed E-state index contributed by atoms with van der Waals surface area (Å²) in [7, 11) is 0. The van der Waals surface area contributed by atoms with Gasteiger partial charge in [-0.15, -0.1) is 0 Å². The summed E-state index contributed by atoms with van der Waals surface area (Å²) in [4.78, 5) is 40.2. The van der Waals surface area contributed by atoms with E-state index in [1.807, 2.05) is 0 Å². The third kappa shape index (κ3) is 4.44. The first-order chi connectivity index (χ1) is 15.1. The number of furan rings is 1. The molecule has 3 aromatic rings. The molecule has 10 nitrogen and oxygen atoms in total. The van der Waals surface area contributed by atoms with Crippen LogP contribution >= 0.6 is 0 Å². The predicted octanol–water partition coefficient (Wildman–Crippen LogP) is 1.16. The molecule has 0 radical (unpaired) electrons. The van der Waals surface area contributed by atoms with E-state index in [1.165, 1.54) is 0 Å². The van der Waals surface area contributed by atoms with Crippen LogP contribution in [-0.2, 0) is 9.53 Å². The number of rotatable bonds is 8. The molecule has 0 unspecified atom stereocenters. The van der Waals surface area contributed by atoms with Gasteiger partial charge in [0.05, 0.1) is 18.8 Å². The lowest BCUT2D eigenvalue weighted by atomic mass is 10.1. The SMILES string of the molecule is NC(=O)c1c(NC=O)[nH]c2cc(-c3ccc(C(=O)NCCN4CCOCC4)o3)ccc12. The smallest absolute Gasteiger partial charge is 0.287 e. The first kappa shape index (κ1) is 20.6. The minimum Gasteiger partial charge on any atom is -0.451 e. The Bertz CT molecular complexity index is 1110. The van der Waals surface area contributed by atoms with Crippen molar-refractivity contribution in [1.29, 1.82) is 0 Å². The number of nitrogens with zero attached hydrogens (tertiary/aromatic N) is 1. The van der Waals surface area contributed by atoms with Crippen molar-refractivity contribution in [3.8, 4) is 11.3 Å². The molecule has 10 heteroatoms. The Morgan fingerprint density at radius 2 is 2.00 bits per heavy atom. The molecule has 0 aliphatic carbocycles. The number of aromatic amines is 1. The molecular weight excluding hydrogens is 402 g/mol. The lowest BCUT2D eigenvalue weighted by molar-refractivity contribution is -0.105. The highest BCUT2D eigenvalue weighted by Gasteiger charge is 2.18. The van der Waals surface area contributed by atoms with Crippen molar-refractivity contribution in [3.63, 3.8) is 0 Å². The van der Waals surface area contributed by atoms with Crippen molar-refractivity contribution < 1.29 is 23.5 Å². The van der Waals surface area contributed by atoms with Crippen LogP contribution in [0.4, 0.5) is 5.82 Å². The normalized spacial score (nSPS) is 14.5. The number of hydrogen-bond acceptors (Lipinski definition) is 6. The summed E-state index contributed by atoms with van der Waals surface area (Å²) in [6, 6.07) is 8.55. The van der Waals surface area contributed by atoms with Crippen molar-refractivity contribution in [1.82, 2.24) is 15.2 Å². The Morgan fingerprint density at radius 1 is 1.19 bits per heavy atom. The first-order valence-corrected chi connectivity index (χ1v) is 9.91. The van der Waals surface area contributed by atoms with Gasteiger partial charge in [0.25, 0.3) is 11.8 Å². The van der Waals surface area contributed by atoms with Crippen LogP contribution in [-0.4, -0.2) is 67.5 Å². The highest BCUT2D eigenvalue weighted by atomic mass is 16.5. The summed E-state index contributed by atoms with van der Waals surface area (Å²) in [6.45, 7) is 4.44. The number of amides is 3. The minimum absolute atomic E-state index is 0.202. The van der Waals surface area contributed by atoms with Crippen LogP contribution in [0.15, 0.2) is 34.7 Å². The van der Waals surface area contributed by atoms with E-state index < -0.39 is 5.91 Å². The van der Waals surface area contributed by atoms with E-state index in [1.54, 1.807) is 30.3 Å². The van der Waals surface area contributed by atoms with E-state index in [-0.39, 0.29) is 23.0 Å². The fraction of sp³-hybridized carbons (Fsp3) is 0.286. The van der Waals surface area contributed by atoms with E-state index in [4.69, 9.17) is 14.9 Å². The van der Waals surface area contributed by atoms with Crippen LogP contribution in [0, 0.1) is 0 Å². The van der Waals surface area contributed by atoms with Gasteiger partial charge in [0.2, 0.25) is 6.41 Å². The Morgan fingerprint density at radius 3 is 2.74 bits per heavy atom. The van der Waals surface area contributed by atoms with Crippen molar-refractivity contribution in [2.24, 2.45) is 5.73 Å². The molecule has 3 heterocycles. The number of ether oxygens (including phenoxy) is 1. The molecule has 0 atom stereocenters. The molecular formula is C21H23N5O5. The summed E-state index contributed by atoms with van der Waals surface area (Å²) in [5, 5.41) is 5.89. The number of carbonyl (C=O) groups is 3. The van der Waals surface area contributed by atoms with Crippen LogP contribution in [0.25, 0.3) is 22.2 Å². The summed E-state index contributed by atoms with van der Waals surface area (Å²) in [5.41, 5.74) is 6.95. The molecule has 2 aromatic heterocycles. The van der Waals surface area contributed by atoms with Gasteiger partial charge in [-0.25, -0.2) is 0 Å². The number of H-pyrrole nitrogens is 1. The lowest BCUT2D eigenvalue weighted by Crippen LogP contribution is -2.41. The van der Waals surface area contributed by atoms with E-state index >= 15 is 0 Å². The summed E-state index contributed by atoms with van der Waals surface area (Å²) < 4.78 is 11.0. The van der Waals surface area contributed by atoms with Gasteiger partial charge in [-0.1, -0.05) is 12.1 Å². The molecule has 3 amide bonds. The minimum atomic E-state index is -0.655.